The molecule has 0 heterocycles. The molecule has 0 unspecified atom stereocenters. The highest BCUT2D eigenvalue weighted by Crippen LogP contribution is 2.30. The molecule has 0 saturated carbocycles. The van der Waals surface area contributed by atoms with Gasteiger partial charge in [0.05, 0.1) is 18.6 Å². The van der Waals surface area contributed by atoms with Crippen molar-refractivity contribution in [1.82, 2.24) is 0 Å². The Morgan fingerprint density at radius 2 is 1.95 bits per heavy atom. The van der Waals surface area contributed by atoms with E-state index in [9.17, 15) is 22.8 Å². The maximum Gasteiger partial charge on any atom is 0.416 e. The molecule has 0 saturated heterocycles. The number of benzene rings is 1. The summed E-state index contributed by atoms with van der Waals surface area (Å²) in [5.74, 6) is -1.07. The highest BCUT2D eigenvalue weighted by Gasteiger charge is 2.30. The van der Waals surface area contributed by atoms with Crippen LogP contribution in [0.4, 0.5) is 18.9 Å². The van der Waals surface area contributed by atoms with Crippen LogP contribution in [0.25, 0.3) is 0 Å². The largest absolute Gasteiger partial charge is 0.466 e. The minimum atomic E-state index is -4.47. The summed E-state index contributed by atoms with van der Waals surface area (Å²) in [6.07, 6.45) is -4.72. The first-order valence-corrected chi connectivity index (χ1v) is 5.95. The van der Waals surface area contributed by atoms with Crippen molar-refractivity contribution >= 4 is 17.6 Å². The summed E-state index contributed by atoms with van der Waals surface area (Å²) < 4.78 is 42.0. The van der Waals surface area contributed by atoms with Crippen molar-refractivity contribution in [2.45, 2.75) is 25.9 Å². The smallest absolute Gasteiger partial charge is 0.416 e. The molecular formula is C13H14F3NO3. The maximum atomic E-state index is 12.5. The van der Waals surface area contributed by atoms with E-state index in [4.69, 9.17) is 0 Å². The number of halogens is 3. The van der Waals surface area contributed by atoms with Gasteiger partial charge in [-0.15, -0.1) is 0 Å². The second-order valence-electron chi connectivity index (χ2n) is 3.93. The average Bonchev–Trinajstić information content (AvgIpc) is 2.36. The molecule has 1 rings (SSSR count). The van der Waals surface area contributed by atoms with Gasteiger partial charge in [-0.25, -0.2) is 0 Å². The minimum absolute atomic E-state index is 0.0358. The Bertz CT molecular complexity index is 486. The number of amides is 1. The van der Waals surface area contributed by atoms with E-state index in [1.165, 1.54) is 12.1 Å². The molecule has 0 aliphatic heterocycles. The molecule has 0 atom stereocenters. The molecule has 0 aliphatic rings. The highest BCUT2D eigenvalue weighted by atomic mass is 19.4. The lowest BCUT2D eigenvalue weighted by atomic mass is 10.2. The van der Waals surface area contributed by atoms with Gasteiger partial charge < -0.3 is 10.1 Å². The van der Waals surface area contributed by atoms with Crippen LogP contribution in [-0.4, -0.2) is 18.5 Å². The van der Waals surface area contributed by atoms with Crippen molar-refractivity contribution < 1.29 is 27.5 Å². The van der Waals surface area contributed by atoms with Crippen molar-refractivity contribution in [3.63, 3.8) is 0 Å². The zero-order chi connectivity index (χ0) is 15.2. The predicted octanol–water partition coefficient (Wildman–Crippen LogP) is 2.99. The van der Waals surface area contributed by atoms with Crippen LogP contribution in [0.1, 0.15) is 25.3 Å². The molecule has 0 aromatic heterocycles. The maximum absolute atomic E-state index is 12.5. The normalized spacial score (nSPS) is 11.0. The van der Waals surface area contributed by atoms with Crippen LogP contribution in [0, 0.1) is 0 Å². The standard InChI is InChI=1S/C13H14F3NO3/c1-2-20-12(19)7-6-11(18)17-10-5-3-4-9(8-10)13(14,15)16/h3-5,8H,2,6-7H2,1H3,(H,17,18). The summed E-state index contributed by atoms with van der Waals surface area (Å²) in [6, 6.07) is 4.29. The fourth-order valence-corrected chi connectivity index (χ4v) is 1.45. The quantitative estimate of drug-likeness (QED) is 0.848. The van der Waals surface area contributed by atoms with Gasteiger partial charge in [-0.05, 0) is 25.1 Å². The Morgan fingerprint density at radius 3 is 2.55 bits per heavy atom. The molecule has 1 N–H and O–H groups in total. The van der Waals surface area contributed by atoms with Crippen molar-refractivity contribution in [2.24, 2.45) is 0 Å². The van der Waals surface area contributed by atoms with E-state index in [-0.39, 0.29) is 25.1 Å². The SMILES string of the molecule is CCOC(=O)CCC(=O)Nc1cccc(C(F)(F)F)c1. The van der Waals surface area contributed by atoms with Gasteiger partial charge in [-0.3, -0.25) is 9.59 Å². The first kappa shape index (κ1) is 16.0. The molecule has 0 aliphatic carbocycles. The number of hydrogen-bond donors (Lipinski definition) is 1. The van der Waals surface area contributed by atoms with Crippen LogP contribution in [0.5, 0.6) is 0 Å². The second-order valence-corrected chi connectivity index (χ2v) is 3.93. The number of anilines is 1. The summed E-state index contributed by atoms with van der Waals surface area (Å²) >= 11 is 0. The zero-order valence-electron chi connectivity index (χ0n) is 10.8. The molecule has 4 nitrogen and oxygen atoms in total. The molecule has 0 radical (unpaired) electrons. The molecule has 110 valence electrons. The highest BCUT2D eigenvalue weighted by molar-refractivity contribution is 5.92. The van der Waals surface area contributed by atoms with Crippen LogP contribution in [-0.2, 0) is 20.5 Å². The van der Waals surface area contributed by atoms with Gasteiger partial charge >= 0.3 is 12.1 Å². The molecule has 7 heteroatoms. The molecule has 1 aromatic rings. The van der Waals surface area contributed by atoms with Gasteiger partial charge in [0.2, 0.25) is 5.91 Å². The lowest BCUT2D eigenvalue weighted by Gasteiger charge is -2.09. The first-order valence-electron chi connectivity index (χ1n) is 5.95. The number of hydrogen-bond acceptors (Lipinski definition) is 3. The lowest BCUT2D eigenvalue weighted by Crippen LogP contribution is -2.15. The molecule has 0 fully saturated rings. The summed E-state index contributed by atoms with van der Waals surface area (Å²) in [5.41, 5.74) is -0.811. The summed E-state index contributed by atoms with van der Waals surface area (Å²) in [6.45, 7) is 1.86. The Balaban J connectivity index is 2.56. The minimum Gasteiger partial charge on any atom is -0.466 e. The van der Waals surface area contributed by atoms with Crippen LogP contribution >= 0.6 is 0 Å². The number of ether oxygens (including phenoxy) is 1. The number of carbonyl (C=O) groups excluding carboxylic acids is 2. The van der Waals surface area contributed by atoms with Gasteiger partial charge in [0.25, 0.3) is 0 Å². The van der Waals surface area contributed by atoms with E-state index < -0.39 is 23.6 Å². The summed E-state index contributed by atoms with van der Waals surface area (Å²) in [5, 5.41) is 2.31. The second kappa shape index (κ2) is 6.93. The number of esters is 1. The third kappa shape index (κ3) is 5.29. The van der Waals surface area contributed by atoms with Crippen LogP contribution in [0.15, 0.2) is 24.3 Å². The zero-order valence-corrected chi connectivity index (χ0v) is 10.8. The molecule has 0 bridgehead atoms. The Kier molecular flexibility index (Phi) is 5.54. The third-order valence-electron chi connectivity index (χ3n) is 2.34. The molecule has 20 heavy (non-hydrogen) atoms. The van der Waals surface area contributed by atoms with E-state index in [1.807, 2.05) is 0 Å². The number of carbonyl (C=O) groups is 2. The van der Waals surface area contributed by atoms with Crippen molar-refractivity contribution in [3.8, 4) is 0 Å². The number of rotatable bonds is 5. The summed E-state index contributed by atoms with van der Waals surface area (Å²) in [4.78, 5) is 22.5. The lowest BCUT2D eigenvalue weighted by molar-refractivity contribution is -0.144. The van der Waals surface area contributed by atoms with Crippen LogP contribution < -0.4 is 5.32 Å². The topological polar surface area (TPSA) is 55.4 Å². The van der Waals surface area contributed by atoms with Gasteiger partial charge in [0, 0.05) is 12.1 Å². The van der Waals surface area contributed by atoms with Gasteiger partial charge in [0.1, 0.15) is 0 Å². The van der Waals surface area contributed by atoms with Crippen LogP contribution in [0.3, 0.4) is 0 Å². The van der Waals surface area contributed by atoms with Crippen molar-refractivity contribution in [2.75, 3.05) is 11.9 Å². The number of nitrogens with one attached hydrogen (secondary N) is 1. The Morgan fingerprint density at radius 1 is 1.25 bits per heavy atom. The predicted molar refractivity (Wildman–Crippen MR) is 65.9 cm³/mol. The van der Waals surface area contributed by atoms with Gasteiger partial charge in [-0.2, -0.15) is 13.2 Å². The monoisotopic (exact) mass is 289 g/mol. The Labute approximate surface area is 113 Å². The van der Waals surface area contributed by atoms with E-state index in [1.54, 1.807) is 6.92 Å². The van der Waals surface area contributed by atoms with E-state index >= 15 is 0 Å². The average molecular weight is 289 g/mol. The van der Waals surface area contributed by atoms with E-state index in [2.05, 4.69) is 10.1 Å². The summed E-state index contributed by atoms with van der Waals surface area (Å²) in [7, 11) is 0. The first-order chi connectivity index (χ1) is 9.32. The van der Waals surface area contributed by atoms with E-state index in [0.717, 1.165) is 12.1 Å². The fraction of sp³-hybridized carbons (Fsp3) is 0.385. The van der Waals surface area contributed by atoms with Gasteiger partial charge in [-0.1, -0.05) is 6.07 Å². The van der Waals surface area contributed by atoms with E-state index in [0.29, 0.717) is 0 Å². The molecule has 0 spiro atoms. The van der Waals surface area contributed by atoms with Crippen molar-refractivity contribution in [3.05, 3.63) is 29.8 Å². The van der Waals surface area contributed by atoms with Crippen LogP contribution in [0.2, 0.25) is 0 Å². The van der Waals surface area contributed by atoms with Gasteiger partial charge in [0.15, 0.2) is 0 Å². The molecular weight excluding hydrogens is 275 g/mol. The van der Waals surface area contributed by atoms with Crippen molar-refractivity contribution in [1.29, 1.82) is 0 Å². The number of alkyl halides is 3. The molecule has 1 amide bonds. The molecule has 1 aromatic carbocycles. The fourth-order valence-electron chi connectivity index (χ4n) is 1.45. The third-order valence-corrected chi connectivity index (χ3v) is 2.34. The Hall–Kier alpha value is -2.05.